The lowest BCUT2D eigenvalue weighted by atomic mass is 10.1. The van der Waals surface area contributed by atoms with Crippen molar-refractivity contribution in [3.8, 4) is 17.0 Å². The summed E-state index contributed by atoms with van der Waals surface area (Å²) in [4.78, 5) is 46.1. The summed E-state index contributed by atoms with van der Waals surface area (Å²) in [6.07, 6.45) is 1.61. The Labute approximate surface area is 282 Å². The van der Waals surface area contributed by atoms with E-state index in [2.05, 4.69) is 20.9 Å². The fraction of sp³-hybridized carbons (Fsp3) is 0.135. The van der Waals surface area contributed by atoms with Crippen molar-refractivity contribution in [2.75, 3.05) is 17.2 Å². The normalized spacial score (nSPS) is 11.8. The van der Waals surface area contributed by atoms with Crippen molar-refractivity contribution in [3.63, 3.8) is 0 Å². The fourth-order valence-corrected chi connectivity index (χ4v) is 6.33. The van der Waals surface area contributed by atoms with Crippen LogP contribution in [0, 0.1) is 6.92 Å². The maximum absolute atomic E-state index is 13.5. The summed E-state index contributed by atoms with van der Waals surface area (Å²) in [6, 6.07) is 33.0. The van der Waals surface area contributed by atoms with Crippen LogP contribution in [0.4, 0.5) is 10.8 Å². The van der Waals surface area contributed by atoms with Crippen LogP contribution < -0.4 is 20.7 Å². The zero-order chi connectivity index (χ0) is 33.2. The number of nitrogens with zero attached hydrogens (tertiary/aromatic N) is 1. The highest BCUT2D eigenvalue weighted by Crippen LogP contribution is 2.32. The molecule has 1 heterocycles. The topological polar surface area (TPSA) is 109 Å². The molecule has 0 aliphatic rings. The molecule has 1 unspecified atom stereocenters. The van der Waals surface area contributed by atoms with E-state index in [-0.39, 0.29) is 11.6 Å². The molecule has 0 fully saturated rings. The van der Waals surface area contributed by atoms with Gasteiger partial charge in [-0.05, 0) is 74.9 Å². The predicted octanol–water partition coefficient (Wildman–Crippen LogP) is 8.05. The second-order valence-corrected chi connectivity index (χ2v) is 13.0. The monoisotopic (exact) mass is 662 g/mol. The largest absolute Gasteiger partial charge is 0.494 e. The van der Waals surface area contributed by atoms with E-state index in [1.54, 1.807) is 60.7 Å². The maximum Gasteiger partial charge on any atom is 0.272 e. The summed E-state index contributed by atoms with van der Waals surface area (Å²) in [5.41, 5.74) is 3.57. The van der Waals surface area contributed by atoms with Crippen LogP contribution in [-0.2, 0) is 9.59 Å². The van der Waals surface area contributed by atoms with Gasteiger partial charge in [0.1, 0.15) is 11.4 Å². The summed E-state index contributed by atoms with van der Waals surface area (Å²) in [6.45, 7) is 6.25. The number of benzene rings is 4. The van der Waals surface area contributed by atoms with E-state index in [0.717, 1.165) is 21.0 Å². The van der Waals surface area contributed by atoms with Gasteiger partial charge >= 0.3 is 0 Å². The summed E-state index contributed by atoms with van der Waals surface area (Å²) in [7, 11) is 0. The molecule has 3 amide bonds. The number of nitrogens with one attached hydrogen (secondary N) is 3. The molecule has 0 aliphatic heterocycles. The molecule has 0 bridgehead atoms. The lowest BCUT2D eigenvalue weighted by molar-refractivity contribution is -0.115. The molecule has 10 heteroatoms. The van der Waals surface area contributed by atoms with E-state index in [4.69, 9.17) is 4.74 Å². The molecule has 0 spiro atoms. The molecule has 3 N–H and O–H groups in total. The van der Waals surface area contributed by atoms with Crippen LogP contribution in [-0.4, -0.2) is 34.6 Å². The highest BCUT2D eigenvalue weighted by atomic mass is 32.2. The highest BCUT2D eigenvalue weighted by molar-refractivity contribution is 8.00. The van der Waals surface area contributed by atoms with Gasteiger partial charge in [-0.1, -0.05) is 66.7 Å². The third-order valence-electron chi connectivity index (χ3n) is 6.88. The van der Waals surface area contributed by atoms with E-state index in [1.165, 1.54) is 23.1 Å². The van der Waals surface area contributed by atoms with E-state index in [1.807, 2.05) is 75.4 Å². The van der Waals surface area contributed by atoms with E-state index >= 15 is 0 Å². The molecule has 5 rings (SSSR count). The van der Waals surface area contributed by atoms with Crippen molar-refractivity contribution in [2.45, 2.75) is 30.9 Å². The van der Waals surface area contributed by atoms with Gasteiger partial charge in [-0.3, -0.25) is 14.4 Å². The number of carbonyl (C=O) groups is 3. The van der Waals surface area contributed by atoms with Crippen LogP contribution in [0.5, 0.6) is 5.75 Å². The number of hydrogen-bond donors (Lipinski definition) is 3. The van der Waals surface area contributed by atoms with Crippen molar-refractivity contribution in [1.29, 1.82) is 0 Å². The molecule has 0 saturated heterocycles. The van der Waals surface area contributed by atoms with Gasteiger partial charge in [-0.2, -0.15) is 0 Å². The molecule has 1 aromatic heterocycles. The zero-order valence-corrected chi connectivity index (χ0v) is 27.8. The molecule has 4 aromatic carbocycles. The Morgan fingerprint density at radius 3 is 2.30 bits per heavy atom. The minimum absolute atomic E-state index is 0.0717. The molecule has 8 nitrogen and oxygen atoms in total. The number of ether oxygens (including phenoxy) is 1. The SMILES string of the molecule is CCOc1ccc(/C=C(/NC(=O)c2ccccc2)C(=O)Nc2cccc(SC(C)C(=O)Nc3nc(-c4ccccc4)c(C)s3)c2)cc1. The van der Waals surface area contributed by atoms with Crippen LogP contribution in [0.2, 0.25) is 0 Å². The van der Waals surface area contributed by atoms with Gasteiger partial charge in [-0.15, -0.1) is 23.1 Å². The van der Waals surface area contributed by atoms with Gasteiger partial charge in [0, 0.05) is 26.6 Å². The molecule has 0 radical (unpaired) electrons. The van der Waals surface area contributed by atoms with Gasteiger partial charge < -0.3 is 20.7 Å². The van der Waals surface area contributed by atoms with Gasteiger partial charge in [0.25, 0.3) is 11.8 Å². The van der Waals surface area contributed by atoms with Gasteiger partial charge in [-0.25, -0.2) is 4.98 Å². The molecule has 0 aliphatic carbocycles. The first-order valence-electron chi connectivity index (χ1n) is 15.0. The summed E-state index contributed by atoms with van der Waals surface area (Å²) in [5, 5.41) is 8.70. The second-order valence-electron chi connectivity index (χ2n) is 10.4. The summed E-state index contributed by atoms with van der Waals surface area (Å²) >= 11 is 2.80. The van der Waals surface area contributed by atoms with Gasteiger partial charge in [0.05, 0.1) is 17.6 Å². The average Bonchev–Trinajstić information content (AvgIpc) is 3.45. The predicted molar refractivity (Wildman–Crippen MR) is 191 cm³/mol. The van der Waals surface area contributed by atoms with Crippen LogP contribution in [0.3, 0.4) is 0 Å². The first kappa shape index (κ1) is 33.2. The van der Waals surface area contributed by atoms with Gasteiger partial charge in [0.15, 0.2) is 5.13 Å². The Hall–Kier alpha value is -5.19. The lowest BCUT2D eigenvalue weighted by Crippen LogP contribution is -2.30. The second kappa shape index (κ2) is 15.9. The number of thioether (sulfide) groups is 1. The maximum atomic E-state index is 13.5. The molecule has 238 valence electrons. The summed E-state index contributed by atoms with van der Waals surface area (Å²) < 4.78 is 5.52. The fourth-order valence-electron chi connectivity index (χ4n) is 4.56. The minimum atomic E-state index is -0.496. The summed E-state index contributed by atoms with van der Waals surface area (Å²) in [5.74, 6) is -0.375. The number of rotatable bonds is 12. The molecule has 5 aromatic rings. The first-order chi connectivity index (χ1) is 22.8. The minimum Gasteiger partial charge on any atom is -0.494 e. The lowest BCUT2D eigenvalue weighted by Gasteiger charge is -2.14. The Balaban J connectivity index is 1.27. The third-order valence-corrected chi connectivity index (χ3v) is 8.86. The van der Waals surface area contributed by atoms with Gasteiger partial charge in [0.2, 0.25) is 5.91 Å². The number of thiazole rings is 1. The molecule has 0 saturated carbocycles. The Morgan fingerprint density at radius 1 is 0.894 bits per heavy atom. The van der Waals surface area contributed by atoms with E-state index in [9.17, 15) is 14.4 Å². The van der Waals surface area contributed by atoms with Crippen molar-refractivity contribution in [1.82, 2.24) is 10.3 Å². The number of amides is 3. The Kier molecular flexibility index (Phi) is 11.2. The first-order valence-corrected chi connectivity index (χ1v) is 16.7. The Morgan fingerprint density at radius 2 is 1.60 bits per heavy atom. The quantitative estimate of drug-likeness (QED) is 0.0922. The van der Waals surface area contributed by atoms with Crippen LogP contribution in [0.25, 0.3) is 17.3 Å². The molecule has 1 atom stereocenters. The van der Waals surface area contributed by atoms with Crippen molar-refractivity contribution in [3.05, 3.63) is 131 Å². The number of anilines is 2. The number of carbonyl (C=O) groups excluding carboxylic acids is 3. The smallest absolute Gasteiger partial charge is 0.272 e. The van der Waals surface area contributed by atoms with Crippen LogP contribution in [0.15, 0.2) is 120 Å². The average molecular weight is 663 g/mol. The number of hydrogen-bond acceptors (Lipinski definition) is 7. The molecular formula is C37H34N4O4S2. The number of aryl methyl sites for hydroxylation is 1. The molecule has 47 heavy (non-hydrogen) atoms. The Bertz CT molecular complexity index is 1870. The zero-order valence-electron chi connectivity index (χ0n) is 26.2. The van der Waals surface area contributed by atoms with Crippen LogP contribution >= 0.6 is 23.1 Å². The highest BCUT2D eigenvalue weighted by Gasteiger charge is 2.19. The van der Waals surface area contributed by atoms with Crippen molar-refractivity contribution in [2.24, 2.45) is 0 Å². The third kappa shape index (κ3) is 9.18. The van der Waals surface area contributed by atoms with Crippen molar-refractivity contribution >= 4 is 57.7 Å². The number of aromatic nitrogens is 1. The van der Waals surface area contributed by atoms with Crippen molar-refractivity contribution < 1.29 is 19.1 Å². The van der Waals surface area contributed by atoms with E-state index in [0.29, 0.717) is 34.3 Å². The van der Waals surface area contributed by atoms with E-state index < -0.39 is 17.1 Å². The molecular weight excluding hydrogens is 629 g/mol. The van der Waals surface area contributed by atoms with Crippen LogP contribution in [0.1, 0.15) is 34.6 Å². The standard InChI is InChI=1S/C37H34N4O4S2/c1-4-45-30-20-18-26(19-21-30)22-32(39-35(43)28-14-9-6-10-15-28)36(44)38-29-16-11-17-31(23-29)46-25(3)34(42)41-37-40-33(24(2)47-37)27-12-7-5-8-13-27/h5-23,25H,4H2,1-3H3,(H,38,44)(H,39,43)(H,40,41,42)/b32-22+.